The molecule has 0 unspecified atom stereocenters. The second-order valence-corrected chi connectivity index (χ2v) is 10.8. The van der Waals surface area contributed by atoms with Gasteiger partial charge in [-0.2, -0.15) is 0 Å². The number of hydrogen-bond acceptors (Lipinski definition) is 8. The van der Waals surface area contributed by atoms with Crippen LogP contribution in [0.2, 0.25) is 0 Å². The molecule has 0 bridgehead atoms. The molecule has 8 nitrogen and oxygen atoms in total. The lowest BCUT2D eigenvalue weighted by atomic mass is 10.0. The van der Waals surface area contributed by atoms with Crippen LogP contribution in [-0.4, -0.2) is 85.3 Å². The maximum absolute atomic E-state index is 11.6. The molecule has 0 aliphatic carbocycles. The Hall–Kier alpha value is -1.71. The van der Waals surface area contributed by atoms with E-state index in [9.17, 15) is 4.79 Å². The molecule has 0 aromatic heterocycles. The molecule has 0 N–H and O–H groups in total. The molecule has 1 aromatic carbocycles. The Morgan fingerprint density at radius 3 is 1.42 bits per heavy atom. The molecule has 0 aliphatic rings. The van der Waals surface area contributed by atoms with Gasteiger partial charge < -0.3 is 33.2 Å². The molecule has 1 rings (SSSR count). The highest BCUT2D eigenvalue weighted by Crippen LogP contribution is 2.15. The van der Waals surface area contributed by atoms with Crippen molar-refractivity contribution in [1.29, 1.82) is 0 Å². The van der Waals surface area contributed by atoms with E-state index in [1.807, 2.05) is 0 Å². The Bertz CT molecular complexity index is 712. The Kier molecular flexibility index (Phi) is 29.0. The lowest BCUT2D eigenvalue weighted by Crippen LogP contribution is -2.15. The zero-order valence-electron chi connectivity index (χ0n) is 27.5. The fourth-order valence-electron chi connectivity index (χ4n) is 4.40. The summed E-state index contributed by atoms with van der Waals surface area (Å²) in [6.07, 6.45) is 16.6. The minimum absolute atomic E-state index is 0.138. The molecule has 1 aromatic rings. The minimum atomic E-state index is -0.138. The van der Waals surface area contributed by atoms with Crippen LogP contribution in [0.25, 0.3) is 0 Å². The number of unbranched alkanes of at least 4 members (excludes halogenated alkanes) is 10. The van der Waals surface area contributed by atoms with Crippen LogP contribution in [0.3, 0.4) is 0 Å². The number of rotatable bonds is 33. The van der Waals surface area contributed by atoms with Crippen molar-refractivity contribution in [2.75, 3.05) is 79.3 Å². The molecule has 0 saturated carbocycles. The molecule has 0 radical (unpaired) electrons. The molecule has 0 heterocycles. The number of aryl methyl sites for hydroxylation is 1. The normalized spacial score (nSPS) is 11.2. The molecule has 8 heteroatoms. The smallest absolute Gasteiger partial charge is 0.305 e. The maximum atomic E-state index is 11.6. The zero-order chi connectivity index (χ0) is 30.9. The summed E-state index contributed by atoms with van der Waals surface area (Å²) in [6, 6.07) is 8.45. The number of esters is 1. The third-order valence-corrected chi connectivity index (χ3v) is 6.95. The monoisotopic (exact) mass is 610 g/mol. The highest BCUT2D eigenvalue weighted by Gasteiger charge is 2.02. The molecule has 0 aliphatic heterocycles. The van der Waals surface area contributed by atoms with E-state index in [0.29, 0.717) is 85.7 Å². The van der Waals surface area contributed by atoms with Gasteiger partial charge in [0.1, 0.15) is 19.0 Å². The van der Waals surface area contributed by atoms with E-state index in [4.69, 9.17) is 33.2 Å². The van der Waals surface area contributed by atoms with Crippen molar-refractivity contribution in [1.82, 2.24) is 0 Å². The topological polar surface area (TPSA) is 81.7 Å². The van der Waals surface area contributed by atoms with E-state index in [2.05, 4.69) is 38.1 Å². The third kappa shape index (κ3) is 27.6. The van der Waals surface area contributed by atoms with Crippen LogP contribution < -0.4 is 4.74 Å². The first kappa shape index (κ1) is 39.3. The Morgan fingerprint density at radius 1 is 0.488 bits per heavy atom. The van der Waals surface area contributed by atoms with Crippen LogP contribution in [0.1, 0.15) is 103 Å². The van der Waals surface area contributed by atoms with Crippen LogP contribution in [0.5, 0.6) is 5.75 Å². The summed E-state index contributed by atoms with van der Waals surface area (Å²) in [5.74, 6) is 0.749. The fourth-order valence-corrected chi connectivity index (χ4v) is 4.40. The highest BCUT2D eigenvalue weighted by atomic mass is 16.6. The molecule has 0 saturated heterocycles. The molecular weight excluding hydrogens is 548 g/mol. The summed E-state index contributed by atoms with van der Waals surface area (Å²) < 4.78 is 38.4. The van der Waals surface area contributed by atoms with Crippen LogP contribution in [0, 0.1) is 0 Å². The SMILES string of the molecule is CCCCCCCCCc1ccc(OCCOCCOCCOCCOCCOCCOC(=O)CCCCCCC)cc1. The summed E-state index contributed by atoms with van der Waals surface area (Å²) >= 11 is 0. The van der Waals surface area contributed by atoms with Crippen LogP contribution in [-0.2, 0) is 39.6 Å². The van der Waals surface area contributed by atoms with Gasteiger partial charge in [-0.3, -0.25) is 4.79 Å². The minimum Gasteiger partial charge on any atom is -0.491 e. The maximum Gasteiger partial charge on any atom is 0.305 e. The quantitative estimate of drug-likeness (QED) is 0.0604. The van der Waals surface area contributed by atoms with Crippen molar-refractivity contribution >= 4 is 5.97 Å². The second kappa shape index (κ2) is 31.7. The first-order valence-corrected chi connectivity index (χ1v) is 17.0. The van der Waals surface area contributed by atoms with E-state index in [0.717, 1.165) is 25.0 Å². The molecule has 0 amide bonds. The van der Waals surface area contributed by atoms with Crippen LogP contribution in [0.15, 0.2) is 24.3 Å². The average Bonchev–Trinajstić information content (AvgIpc) is 3.02. The van der Waals surface area contributed by atoms with Gasteiger partial charge in [0.25, 0.3) is 0 Å². The summed E-state index contributed by atoms with van der Waals surface area (Å²) in [5.41, 5.74) is 1.38. The summed E-state index contributed by atoms with van der Waals surface area (Å²) in [5, 5.41) is 0. The highest BCUT2D eigenvalue weighted by molar-refractivity contribution is 5.69. The largest absolute Gasteiger partial charge is 0.491 e. The van der Waals surface area contributed by atoms with Crippen molar-refractivity contribution in [2.24, 2.45) is 0 Å². The Labute approximate surface area is 262 Å². The van der Waals surface area contributed by atoms with E-state index in [1.54, 1.807) is 0 Å². The van der Waals surface area contributed by atoms with Gasteiger partial charge >= 0.3 is 5.97 Å². The lowest BCUT2D eigenvalue weighted by molar-refractivity contribution is -0.145. The zero-order valence-corrected chi connectivity index (χ0v) is 27.5. The fraction of sp³-hybridized carbons (Fsp3) is 0.800. The third-order valence-electron chi connectivity index (χ3n) is 6.95. The molecule has 43 heavy (non-hydrogen) atoms. The van der Waals surface area contributed by atoms with Gasteiger partial charge in [0.2, 0.25) is 0 Å². The molecule has 250 valence electrons. The number of benzene rings is 1. The average molecular weight is 611 g/mol. The van der Waals surface area contributed by atoms with E-state index in [-0.39, 0.29) is 5.97 Å². The van der Waals surface area contributed by atoms with Crippen LogP contribution in [0.4, 0.5) is 0 Å². The summed E-state index contributed by atoms with van der Waals surface area (Å²) in [6.45, 7) is 10.2. The van der Waals surface area contributed by atoms with Crippen molar-refractivity contribution in [2.45, 2.75) is 104 Å². The van der Waals surface area contributed by atoms with Gasteiger partial charge in [-0.1, -0.05) is 90.2 Å². The van der Waals surface area contributed by atoms with Crippen molar-refractivity contribution < 1.29 is 38.0 Å². The van der Waals surface area contributed by atoms with Gasteiger partial charge in [0, 0.05) is 6.42 Å². The number of ether oxygens (including phenoxy) is 7. The van der Waals surface area contributed by atoms with Gasteiger partial charge in [0.15, 0.2) is 0 Å². The number of carbonyl (C=O) groups excluding carboxylic acids is 1. The second-order valence-electron chi connectivity index (χ2n) is 10.8. The molecule has 0 atom stereocenters. The first-order valence-electron chi connectivity index (χ1n) is 17.0. The number of carbonyl (C=O) groups is 1. The van der Waals surface area contributed by atoms with Gasteiger partial charge in [-0.05, 0) is 37.0 Å². The van der Waals surface area contributed by atoms with Crippen molar-refractivity contribution in [3.63, 3.8) is 0 Å². The van der Waals surface area contributed by atoms with E-state index >= 15 is 0 Å². The molecular formula is C35H62O8. The summed E-state index contributed by atoms with van der Waals surface area (Å²) in [4.78, 5) is 11.6. The van der Waals surface area contributed by atoms with Gasteiger partial charge in [-0.25, -0.2) is 0 Å². The Morgan fingerprint density at radius 2 is 0.907 bits per heavy atom. The van der Waals surface area contributed by atoms with Crippen molar-refractivity contribution in [3.05, 3.63) is 29.8 Å². The number of hydrogen-bond donors (Lipinski definition) is 0. The van der Waals surface area contributed by atoms with E-state index in [1.165, 1.54) is 69.8 Å². The van der Waals surface area contributed by atoms with Crippen molar-refractivity contribution in [3.8, 4) is 5.75 Å². The first-order chi connectivity index (χ1) is 21.3. The lowest BCUT2D eigenvalue weighted by Gasteiger charge is -2.09. The molecule has 0 spiro atoms. The van der Waals surface area contributed by atoms with Crippen LogP contribution >= 0.6 is 0 Å². The Balaban J connectivity index is 1.77. The summed E-state index contributed by atoms with van der Waals surface area (Å²) in [7, 11) is 0. The predicted octanol–water partition coefficient (Wildman–Crippen LogP) is 7.35. The molecule has 0 fully saturated rings. The standard InChI is InChI=1S/C35H62O8/c1-3-5-7-9-10-12-13-15-33-17-19-34(20-18-33)42-31-29-40-27-25-38-23-21-37-22-24-39-26-28-41-30-32-43-35(36)16-14-11-8-6-4-2/h17-20H,3-16,21-32H2,1-2H3. The van der Waals surface area contributed by atoms with E-state index < -0.39 is 0 Å². The van der Waals surface area contributed by atoms with Gasteiger partial charge in [-0.15, -0.1) is 0 Å². The predicted molar refractivity (Wildman–Crippen MR) is 172 cm³/mol. The van der Waals surface area contributed by atoms with Gasteiger partial charge in [0.05, 0.1) is 66.1 Å².